The van der Waals surface area contributed by atoms with Crippen LogP contribution < -0.4 is 19.1 Å². The molecule has 0 N–H and O–H groups in total. The van der Waals surface area contributed by atoms with Gasteiger partial charge in [-0.2, -0.15) is 23.3 Å². The van der Waals surface area contributed by atoms with Gasteiger partial charge in [0.25, 0.3) is 0 Å². The Hall–Kier alpha value is -4.30. The number of aromatic nitrogens is 6. The molecule has 0 aliphatic carbocycles. The summed E-state index contributed by atoms with van der Waals surface area (Å²) in [5.74, 6) is -3.82. The monoisotopic (exact) mass is 523 g/mol. The largest absolute Gasteiger partial charge is 0.480 e. The highest BCUT2D eigenvalue weighted by molar-refractivity contribution is 5.76. The molecule has 15 heteroatoms. The van der Waals surface area contributed by atoms with Gasteiger partial charge in [0.2, 0.25) is 11.8 Å². The van der Waals surface area contributed by atoms with Gasteiger partial charge in [-0.05, 0) is 12.1 Å². The van der Waals surface area contributed by atoms with Gasteiger partial charge >= 0.3 is 18.1 Å². The van der Waals surface area contributed by atoms with Crippen LogP contribution in [-0.2, 0) is 6.18 Å². The molecule has 5 heterocycles. The SMILES string of the molecule is COc1ncc(-c2cc(N3CC(Oc4cc(C(F)(F)F)ccn4)C(F)(F)C3)c3nccn3n2)c(OC)n1. The number of hydrogen-bond donors (Lipinski definition) is 0. The van der Waals surface area contributed by atoms with Gasteiger partial charge in [0, 0.05) is 30.9 Å². The lowest BCUT2D eigenvalue weighted by Gasteiger charge is -2.19. The average Bonchev–Trinajstić information content (AvgIpc) is 3.46. The average molecular weight is 523 g/mol. The van der Waals surface area contributed by atoms with Crippen LogP contribution in [-0.4, -0.2) is 68.9 Å². The number of ether oxygens (including phenoxy) is 3. The van der Waals surface area contributed by atoms with Crippen LogP contribution in [0.4, 0.5) is 27.6 Å². The number of nitrogens with zero attached hydrogens (tertiary/aromatic N) is 7. The molecular formula is C22H18F5N7O3. The molecule has 0 aromatic carbocycles. The number of anilines is 1. The van der Waals surface area contributed by atoms with Crippen LogP contribution in [0.2, 0.25) is 0 Å². The van der Waals surface area contributed by atoms with Crippen molar-refractivity contribution in [1.82, 2.24) is 29.5 Å². The number of fused-ring (bicyclic) bond motifs is 1. The molecule has 1 unspecified atom stereocenters. The van der Waals surface area contributed by atoms with Gasteiger partial charge in [0.1, 0.15) is 5.69 Å². The second-order valence-electron chi connectivity index (χ2n) is 8.02. The normalized spacial score (nSPS) is 17.3. The van der Waals surface area contributed by atoms with Gasteiger partial charge in [-0.3, -0.25) is 0 Å². The second-order valence-corrected chi connectivity index (χ2v) is 8.02. The Morgan fingerprint density at radius 2 is 1.86 bits per heavy atom. The second kappa shape index (κ2) is 8.97. The van der Waals surface area contributed by atoms with Crippen molar-refractivity contribution in [2.24, 2.45) is 0 Å². The topological polar surface area (TPSA) is 99.8 Å². The number of methoxy groups -OCH3 is 2. The lowest BCUT2D eigenvalue weighted by molar-refractivity contribution is -0.137. The van der Waals surface area contributed by atoms with Gasteiger partial charge in [-0.1, -0.05) is 0 Å². The summed E-state index contributed by atoms with van der Waals surface area (Å²) in [5, 5.41) is 4.45. The van der Waals surface area contributed by atoms with E-state index in [0.717, 1.165) is 12.3 Å². The summed E-state index contributed by atoms with van der Waals surface area (Å²) in [5.41, 5.74) is 0.185. The van der Waals surface area contributed by atoms with E-state index >= 15 is 8.78 Å². The number of rotatable bonds is 6. The maximum atomic E-state index is 15.0. The number of hydrogen-bond acceptors (Lipinski definition) is 9. The zero-order chi connectivity index (χ0) is 26.4. The molecule has 1 aliphatic rings. The lowest BCUT2D eigenvalue weighted by atomic mass is 10.2. The Morgan fingerprint density at radius 3 is 2.59 bits per heavy atom. The summed E-state index contributed by atoms with van der Waals surface area (Å²) in [6.45, 7) is -1.13. The zero-order valence-corrected chi connectivity index (χ0v) is 19.3. The third-order valence-electron chi connectivity index (χ3n) is 5.65. The van der Waals surface area contributed by atoms with Crippen molar-refractivity contribution in [1.29, 1.82) is 0 Å². The van der Waals surface area contributed by atoms with E-state index in [9.17, 15) is 13.2 Å². The summed E-state index contributed by atoms with van der Waals surface area (Å²) in [7, 11) is 2.79. The van der Waals surface area contributed by atoms with Gasteiger partial charge in [-0.25, -0.2) is 28.2 Å². The molecule has 4 aromatic heterocycles. The standard InChI is InChI=1S/C22H18F5N7O3/c1-35-19-13(9-30-20(31-19)36-2)14-8-15(18-29-5-6-34(18)32-14)33-10-16(21(23,24)11-33)37-17-7-12(3-4-28-17)22(25,26)27/h3-9,16H,10-11H2,1-2H3. The zero-order valence-electron chi connectivity index (χ0n) is 19.3. The molecule has 194 valence electrons. The minimum atomic E-state index is -4.67. The van der Waals surface area contributed by atoms with Gasteiger partial charge < -0.3 is 19.1 Å². The Bertz CT molecular complexity index is 1450. The van der Waals surface area contributed by atoms with E-state index in [2.05, 4.69) is 25.0 Å². The fraction of sp³-hybridized carbons (Fsp3) is 0.318. The fourth-order valence-corrected chi connectivity index (χ4v) is 3.90. The van der Waals surface area contributed by atoms with Crippen molar-refractivity contribution >= 4 is 11.3 Å². The van der Waals surface area contributed by atoms with E-state index < -0.39 is 36.2 Å². The Morgan fingerprint density at radius 1 is 1.05 bits per heavy atom. The molecule has 1 atom stereocenters. The van der Waals surface area contributed by atoms with E-state index in [4.69, 9.17) is 14.2 Å². The van der Waals surface area contributed by atoms with E-state index in [-0.39, 0.29) is 29.8 Å². The summed E-state index contributed by atoms with van der Waals surface area (Å²) in [4.78, 5) is 17.4. The van der Waals surface area contributed by atoms with Crippen LogP contribution in [0.5, 0.6) is 17.8 Å². The molecule has 0 bridgehead atoms. The van der Waals surface area contributed by atoms with E-state index in [1.807, 2.05) is 0 Å². The molecule has 1 aliphatic heterocycles. The molecule has 10 nitrogen and oxygen atoms in total. The number of halogens is 5. The maximum Gasteiger partial charge on any atom is 0.416 e. The first-order chi connectivity index (χ1) is 17.6. The number of pyridine rings is 1. The molecule has 0 amide bonds. The first-order valence-corrected chi connectivity index (χ1v) is 10.7. The molecule has 4 aromatic rings. The molecule has 0 spiro atoms. The van der Waals surface area contributed by atoms with E-state index in [1.54, 1.807) is 0 Å². The molecule has 1 saturated heterocycles. The van der Waals surface area contributed by atoms with Crippen LogP contribution >= 0.6 is 0 Å². The predicted molar refractivity (Wildman–Crippen MR) is 118 cm³/mol. The van der Waals surface area contributed by atoms with Gasteiger partial charge in [-0.15, -0.1) is 0 Å². The highest BCUT2D eigenvalue weighted by Crippen LogP contribution is 2.38. The summed E-state index contributed by atoms with van der Waals surface area (Å²) < 4.78 is 86.1. The summed E-state index contributed by atoms with van der Waals surface area (Å²) in [6.07, 6.45) is -1.18. The smallest absolute Gasteiger partial charge is 0.416 e. The van der Waals surface area contributed by atoms with Crippen molar-refractivity contribution in [3.8, 4) is 29.0 Å². The van der Waals surface area contributed by atoms with Gasteiger partial charge in [0.15, 0.2) is 11.8 Å². The quantitative estimate of drug-likeness (QED) is 0.352. The third kappa shape index (κ3) is 4.63. The van der Waals surface area contributed by atoms with Crippen LogP contribution in [0.3, 0.4) is 0 Å². The molecule has 1 fully saturated rings. The highest BCUT2D eigenvalue weighted by Gasteiger charge is 2.51. The summed E-state index contributed by atoms with van der Waals surface area (Å²) >= 11 is 0. The molecular weight excluding hydrogens is 505 g/mol. The van der Waals surface area contributed by atoms with E-state index in [1.165, 1.54) is 48.3 Å². The Kier molecular flexibility index (Phi) is 5.92. The van der Waals surface area contributed by atoms with Crippen molar-refractivity contribution < 1.29 is 36.2 Å². The molecule has 0 saturated carbocycles. The Labute approximate surface area is 205 Å². The molecule has 0 radical (unpaired) electrons. The number of imidazole rings is 1. The van der Waals surface area contributed by atoms with E-state index in [0.29, 0.717) is 17.3 Å². The first-order valence-electron chi connectivity index (χ1n) is 10.7. The van der Waals surface area contributed by atoms with Crippen molar-refractivity contribution in [2.45, 2.75) is 18.2 Å². The molecule has 37 heavy (non-hydrogen) atoms. The Balaban J connectivity index is 1.49. The minimum absolute atomic E-state index is 0.0620. The van der Waals surface area contributed by atoms with Crippen LogP contribution in [0, 0.1) is 0 Å². The number of alkyl halides is 5. The van der Waals surface area contributed by atoms with Crippen LogP contribution in [0.1, 0.15) is 5.56 Å². The van der Waals surface area contributed by atoms with Crippen molar-refractivity contribution in [3.05, 3.63) is 48.5 Å². The van der Waals surface area contributed by atoms with Crippen LogP contribution in [0.25, 0.3) is 16.9 Å². The van der Waals surface area contributed by atoms with Gasteiger partial charge in [0.05, 0.1) is 44.1 Å². The first kappa shape index (κ1) is 24.4. The fourth-order valence-electron chi connectivity index (χ4n) is 3.90. The predicted octanol–water partition coefficient (Wildman–Crippen LogP) is 3.52. The summed E-state index contributed by atoms with van der Waals surface area (Å²) in [6, 6.07) is 2.91. The third-order valence-corrected chi connectivity index (χ3v) is 5.65. The van der Waals surface area contributed by atoms with Crippen molar-refractivity contribution in [3.63, 3.8) is 0 Å². The van der Waals surface area contributed by atoms with Crippen LogP contribution in [0.15, 0.2) is 43.0 Å². The lowest BCUT2D eigenvalue weighted by Crippen LogP contribution is -2.36. The van der Waals surface area contributed by atoms with Crippen molar-refractivity contribution in [2.75, 3.05) is 32.2 Å². The highest BCUT2D eigenvalue weighted by atomic mass is 19.4. The molecule has 5 rings (SSSR count). The maximum absolute atomic E-state index is 15.0. The minimum Gasteiger partial charge on any atom is -0.480 e.